The van der Waals surface area contributed by atoms with Crippen molar-refractivity contribution in [2.24, 2.45) is 0 Å². The first-order valence-electron chi connectivity index (χ1n) is 4.61. The lowest BCUT2D eigenvalue weighted by Crippen LogP contribution is -2.15. The van der Waals surface area contributed by atoms with Gasteiger partial charge < -0.3 is 5.11 Å². The van der Waals surface area contributed by atoms with Crippen molar-refractivity contribution in [1.82, 2.24) is 9.78 Å². The van der Waals surface area contributed by atoms with Crippen LogP contribution in [-0.2, 0) is 5.41 Å². The molecule has 1 heterocycles. The predicted octanol–water partition coefficient (Wildman–Crippen LogP) is 1.73. The summed E-state index contributed by atoms with van der Waals surface area (Å²) in [7, 11) is 0. The molecular weight excluding hydrogens is 164 g/mol. The Bertz CT molecular complexity index is 273. The molecule has 0 aromatic carbocycles. The van der Waals surface area contributed by atoms with Crippen LogP contribution < -0.4 is 0 Å². The van der Waals surface area contributed by atoms with Crippen molar-refractivity contribution in [1.29, 1.82) is 0 Å². The molecule has 13 heavy (non-hydrogen) atoms. The third-order valence-electron chi connectivity index (χ3n) is 2.09. The number of rotatable bonds is 2. The maximum absolute atomic E-state index is 8.94. The van der Waals surface area contributed by atoms with Gasteiger partial charge in [0.15, 0.2) is 0 Å². The molecular formula is C10H18N2O. The van der Waals surface area contributed by atoms with Gasteiger partial charge in [0.05, 0.1) is 18.3 Å². The van der Waals surface area contributed by atoms with Gasteiger partial charge in [-0.15, -0.1) is 0 Å². The van der Waals surface area contributed by atoms with Gasteiger partial charge in [-0.2, -0.15) is 5.10 Å². The van der Waals surface area contributed by atoms with Crippen molar-refractivity contribution < 1.29 is 5.11 Å². The van der Waals surface area contributed by atoms with Crippen LogP contribution in [0.15, 0.2) is 12.3 Å². The van der Waals surface area contributed by atoms with E-state index in [-0.39, 0.29) is 18.1 Å². The number of aromatic nitrogens is 2. The molecule has 0 amide bonds. The summed E-state index contributed by atoms with van der Waals surface area (Å²) in [5.41, 5.74) is 1.15. The average Bonchev–Trinajstić information content (AvgIpc) is 2.50. The lowest BCUT2D eigenvalue weighted by atomic mass is 9.93. The minimum atomic E-state index is 0.0658. The number of hydrogen-bond donors (Lipinski definition) is 1. The molecule has 1 atom stereocenters. The molecule has 0 unspecified atom stereocenters. The molecule has 0 saturated carbocycles. The molecule has 3 nitrogen and oxygen atoms in total. The molecule has 1 rings (SSSR count). The highest BCUT2D eigenvalue weighted by atomic mass is 16.3. The first kappa shape index (κ1) is 10.3. The summed E-state index contributed by atoms with van der Waals surface area (Å²) in [5, 5.41) is 13.3. The molecule has 0 aliphatic rings. The van der Waals surface area contributed by atoms with Crippen LogP contribution in [0.4, 0.5) is 0 Å². The van der Waals surface area contributed by atoms with Crippen LogP contribution >= 0.6 is 0 Å². The molecule has 0 radical (unpaired) electrons. The zero-order valence-electron chi connectivity index (χ0n) is 8.78. The molecule has 0 spiro atoms. The summed E-state index contributed by atoms with van der Waals surface area (Å²) < 4.78 is 1.81. The fraction of sp³-hybridized carbons (Fsp3) is 0.700. The van der Waals surface area contributed by atoms with Crippen LogP contribution in [0, 0.1) is 0 Å². The lowest BCUT2D eigenvalue weighted by molar-refractivity contribution is 0.228. The van der Waals surface area contributed by atoms with E-state index in [2.05, 4.69) is 25.9 Å². The van der Waals surface area contributed by atoms with Gasteiger partial charge >= 0.3 is 0 Å². The first-order chi connectivity index (χ1) is 5.95. The van der Waals surface area contributed by atoms with Gasteiger partial charge in [-0.25, -0.2) is 0 Å². The molecule has 0 fully saturated rings. The van der Waals surface area contributed by atoms with E-state index in [0.29, 0.717) is 0 Å². The van der Waals surface area contributed by atoms with Gasteiger partial charge in [0.25, 0.3) is 0 Å². The van der Waals surface area contributed by atoms with Crippen molar-refractivity contribution in [2.75, 3.05) is 6.61 Å². The highest BCUT2D eigenvalue weighted by Crippen LogP contribution is 2.20. The van der Waals surface area contributed by atoms with Crippen LogP contribution in [-0.4, -0.2) is 21.5 Å². The maximum atomic E-state index is 8.94. The Balaban J connectivity index is 2.87. The maximum Gasteiger partial charge on any atom is 0.0721 e. The Morgan fingerprint density at radius 2 is 2.15 bits per heavy atom. The third-order valence-corrected chi connectivity index (χ3v) is 2.09. The second-order valence-corrected chi connectivity index (χ2v) is 4.46. The van der Waals surface area contributed by atoms with Gasteiger partial charge in [0.1, 0.15) is 0 Å². The van der Waals surface area contributed by atoms with Gasteiger partial charge in [-0.05, 0) is 13.0 Å². The van der Waals surface area contributed by atoms with Gasteiger partial charge in [0.2, 0.25) is 0 Å². The number of aliphatic hydroxyl groups is 1. The number of aliphatic hydroxyl groups excluding tert-OH is 1. The normalized spacial score (nSPS) is 14.5. The summed E-state index contributed by atoms with van der Waals surface area (Å²) in [6.45, 7) is 8.46. The summed E-state index contributed by atoms with van der Waals surface area (Å²) in [6.07, 6.45) is 1.92. The van der Waals surface area contributed by atoms with E-state index >= 15 is 0 Å². The Kier molecular flexibility index (Phi) is 2.76. The van der Waals surface area contributed by atoms with E-state index in [0.717, 1.165) is 5.69 Å². The van der Waals surface area contributed by atoms with Crippen LogP contribution in [0.5, 0.6) is 0 Å². The molecule has 1 aromatic rings. The molecule has 3 heteroatoms. The minimum absolute atomic E-state index is 0.0658. The average molecular weight is 182 g/mol. The standard InChI is InChI=1S/C10H18N2O/c1-8(7-13)12-6-5-9(11-12)10(2,3)4/h5-6,8,13H,7H2,1-4H3/t8-/m1/s1. The molecule has 0 aliphatic carbocycles. The number of hydrogen-bond acceptors (Lipinski definition) is 2. The van der Waals surface area contributed by atoms with Crippen LogP contribution in [0.25, 0.3) is 0 Å². The largest absolute Gasteiger partial charge is 0.394 e. The van der Waals surface area contributed by atoms with Crippen molar-refractivity contribution in [2.45, 2.75) is 39.2 Å². The van der Waals surface area contributed by atoms with E-state index in [1.807, 2.05) is 19.2 Å². The highest BCUT2D eigenvalue weighted by molar-refractivity contribution is 5.10. The molecule has 74 valence electrons. The first-order valence-corrected chi connectivity index (χ1v) is 4.61. The van der Waals surface area contributed by atoms with Gasteiger partial charge in [-0.3, -0.25) is 4.68 Å². The number of nitrogens with zero attached hydrogens (tertiary/aromatic N) is 2. The smallest absolute Gasteiger partial charge is 0.0721 e. The lowest BCUT2D eigenvalue weighted by Gasteiger charge is -2.15. The zero-order chi connectivity index (χ0) is 10.1. The van der Waals surface area contributed by atoms with Crippen LogP contribution in [0.1, 0.15) is 39.4 Å². The fourth-order valence-electron chi connectivity index (χ4n) is 1.07. The van der Waals surface area contributed by atoms with E-state index in [1.54, 1.807) is 4.68 Å². The Labute approximate surface area is 79.4 Å². The second kappa shape index (κ2) is 3.50. The Morgan fingerprint density at radius 3 is 2.54 bits per heavy atom. The molecule has 1 aromatic heterocycles. The van der Waals surface area contributed by atoms with Gasteiger partial charge in [0, 0.05) is 11.6 Å². The Hall–Kier alpha value is -0.830. The highest BCUT2D eigenvalue weighted by Gasteiger charge is 2.17. The molecule has 0 aliphatic heterocycles. The van der Waals surface area contributed by atoms with Crippen molar-refractivity contribution in [3.05, 3.63) is 18.0 Å². The molecule has 0 bridgehead atoms. The zero-order valence-corrected chi connectivity index (χ0v) is 8.78. The minimum Gasteiger partial charge on any atom is -0.394 e. The summed E-state index contributed by atoms with van der Waals surface area (Å²) in [4.78, 5) is 0. The van der Waals surface area contributed by atoms with Gasteiger partial charge in [-0.1, -0.05) is 20.8 Å². The van der Waals surface area contributed by atoms with E-state index < -0.39 is 0 Å². The third kappa shape index (κ3) is 2.31. The Morgan fingerprint density at radius 1 is 1.54 bits per heavy atom. The second-order valence-electron chi connectivity index (χ2n) is 4.46. The van der Waals surface area contributed by atoms with Crippen LogP contribution in [0.2, 0.25) is 0 Å². The topological polar surface area (TPSA) is 38.0 Å². The van der Waals surface area contributed by atoms with Crippen molar-refractivity contribution >= 4 is 0 Å². The monoisotopic (exact) mass is 182 g/mol. The SMILES string of the molecule is C[C@H](CO)n1ccc(C(C)(C)C)n1. The van der Waals surface area contributed by atoms with E-state index in [4.69, 9.17) is 5.11 Å². The quantitative estimate of drug-likeness (QED) is 0.756. The molecule has 1 N–H and O–H groups in total. The van der Waals surface area contributed by atoms with E-state index in [9.17, 15) is 0 Å². The van der Waals surface area contributed by atoms with E-state index in [1.165, 1.54) is 0 Å². The van der Waals surface area contributed by atoms with Crippen LogP contribution in [0.3, 0.4) is 0 Å². The summed E-state index contributed by atoms with van der Waals surface area (Å²) in [5.74, 6) is 0. The summed E-state index contributed by atoms with van der Waals surface area (Å²) >= 11 is 0. The fourth-order valence-corrected chi connectivity index (χ4v) is 1.07. The van der Waals surface area contributed by atoms with Crippen molar-refractivity contribution in [3.63, 3.8) is 0 Å². The molecule has 0 saturated heterocycles. The predicted molar refractivity (Wildman–Crippen MR) is 52.7 cm³/mol. The van der Waals surface area contributed by atoms with Crippen molar-refractivity contribution in [3.8, 4) is 0 Å². The summed E-state index contributed by atoms with van der Waals surface area (Å²) in [6, 6.07) is 2.07.